The zero-order valence-corrected chi connectivity index (χ0v) is 23.4. The minimum atomic E-state index is 0.959. The predicted octanol–water partition coefficient (Wildman–Crippen LogP) is 11.2. The van der Waals surface area contributed by atoms with Gasteiger partial charge in [0, 0.05) is 0 Å². The van der Waals surface area contributed by atoms with Crippen LogP contribution in [0.4, 0.5) is 0 Å². The van der Waals surface area contributed by atoms with E-state index in [0.717, 1.165) is 6.42 Å². The Kier molecular flexibility index (Phi) is 5.43. The standard InChI is InChI=1S/C41H30/c1-26-21-37-34-20-12-11-19-32(34)24-38(37)39(27(26)2)41-36-23-31-18-10-9-17-30(31)22-33(36)25-35(28-13-5-3-6-14-28)40(41)29-15-7-4-8-16-29/h3-23,25H,24H2,1-2H3. The van der Waals surface area contributed by atoms with E-state index < -0.39 is 0 Å². The lowest BCUT2D eigenvalue weighted by atomic mass is 9.79. The van der Waals surface area contributed by atoms with Crippen LogP contribution in [0.1, 0.15) is 22.3 Å². The topological polar surface area (TPSA) is 0 Å². The van der Waals surface area contributed by atoms with Crippen molar-refractivity contribution in [1.29, 1.82) is 0 Å². The Labute approximate surface area is 241 Å². The first-order valence-corrected chi connectivity index (χ1v) is 14.5. The molecule has 1 aliphatic rings. The summed E-state index contributed by atoms with van der Waals surface area (Å²) < 4.78 is 0. The van der Waals surface area contributed by atoms with Crippen LogP contribution in [0.5, 0.6) is 0 Å². The summed E-state index contributed by atoms with van der Waals surface area (Å²) in [5.41, 5.74) is 16.2. The van der Waals surface area contributed by atoms with Crippen LogP contribution in [0.2, 0.25) is 0 Å². The van der Waals surface area contributed by atoms with Gasteiger partial charge in [-0.25, -0.2) is 0 Å². The Morgan fingerprint density at radius 1 is 0.439 bits per heavy atom. The summed E-state index contributed by atoms with van der Waals surface area (Å²) in [6, 6.07) is 49.3. The molecule has 0 heteroatoms. The summed E-state index contributed by atoms with van der Waals surface area (Å²) in [6.07, 6.45) is 0.959. The largest absolute Gasteiger partial charge is 0.0622 e. The maximum absolute atomic E-state index is 2.43. The third kappa shape index (κ3) is 3.75. The van der Waals surface area contributed by atoms with E-state index in [-0.39, 0.29) is 0 Å². The molecule has 0 radical (unpaired) electrons. The van der Waals surface area contributed by atoms with Crippen LogP contribution in [0, 0.1) is 13.8 Å². The third-order valence-electron chi connectivity index (χ3n) is 9.03. The molecule has 0 unspecified atom stereocenters. The Morgan fingerprint density at radius 2 is 1.07 bits per heavy atom. The Hall–Kier alpha value is -4.94. The van der Waals surface area contributed by atoms with Gasteiger partial charge >= 0.3 is 0 Å². The van der Waals surface area contributed by atoms with Crippen LogP contribution in [0.25, 0.3) is 66.1 Å². The maximum Gasteiger partial charge on any atom is -0.000717 e. The van der Waals surface area contributed by atoms with Crippen molar-refractivity contribution in [3.8, 4) is 44.5 Å². The van der Waals surface area contributed by atoms with Crippen molar-refractivity contribution in [3.05, 3.63) is 156 Å². The highest BCUT2D eigenvalue weighted by Crippen LogP contribution is 2.51. The molecule has 41 heavy (non-hydrogen) atoms. The number of benzene rings is 7. The zero-order valence-electron chi connectivity index (χ0n) is 23.4. The van der Waals surface area contributed by atoms with Gasteiger partial charge in [-0.2, -0.15) is 0 Å². The van der Waals surface area contributed by atoms with E-state index in [4.69, 9.17) is 0 Å². The predicted molar refractivity (Wildman–Crippen MR) is 175 cm³/mol. The zero-order chi connectivity index (χ0) is 27.5. The molecule has 7 aromatic carbocycles. The molecule has 0 N–H and O–H groups in total. The normalized spacial score (nSPS) is 12.0. The summed E-state index contributed by atoms with van der Waals surface area (Å²) in [5, 5.41) is 5.14. The van der Waals surface area contributed by atoms with Crippen molar-refractivity contribution in [2.45, 2.75) is 20.3 Å². The number of rotatable bonds is 3. The summed E-state index contributed by atoms with van der Waals surface area (Å²) in [7, 11) is 0. The number of hydrogen-bond acceptors (Lipinski definition) is 0. The van der Waals surface area contributed by atoms with Gasteiger partial charge in [0.1, 0.15) is 0 Å². The second kappa shape index (κ2) is 9.32. The van der Waals surface area contributed by atoms with Gasteiger partial charge < -0.3 is 0 Å². The fourth-order valence-corrected chi connectivity index (χ4v) is 6.96. The molecule has 7 aromatic rings. The molecule has 0 aromatic heterocycles. The first-order valence-electron chi connectivity index (χ1n) is 14.5. The smallest absolute Gasteiger partial charge is 0.000717 e. The lowest BCUT2D eigenvalue weighted by Gasteiger charge is -2.24. The lowest BCUT2D eigenvalue weighted by molar-refractivity contribution is 1.23. The van der Waals surface area contributed by atoms with Gasteiger partial charge in [-0.05, 0) is 127 Å². The van der Waals surface area contributed by atoms with E-state index in [1.807, 2.05) is 0 Å². The highest BCUT2D eigenvalue weighted by atomic mass is 14.3. The SMILES string of the molecule is Cc1cc2c(c(-c3c(-c4ccccc4)c(-c4ccccc4)cc4cc5ccccc5cc34)c1C)Cc1ccccc1-2. The molecule has 0 fully saturated rings. The summed E-state index contributed by atoms with van der Waals surface area (Å²) in [4.78, 5) is 0. The minimum Gasteiger partial charge on any atom is -0.0622 e. The van der Waals surface area contributed by atoms with Crippen LogP contribution in [-0.4, -0.2) is 0 Å². The van der Waals surface area contributed by atoms with Crippen molar-refractivity contribution in [1.82, 2.24) is 0 Å². The monoisotopic (exact) mass is 522 g/mol. The molecule has 8 rings (SSSR count). The molecule has 0 aliphatic heterocycles. The Balaban J connectivity index is 1.60. The molecule has 0 spiro atoms. The van der Waals surface area contributed by atoms with Gasteiger partial charge in [0.2, 0.25) is 0 Å². The molecule has 1 aliphatic carbocycles. The fraction of sp³-hybridized carbons (Fsp3) is 0.0732. The summed E-state index contributed by atoms with van der Waals surface area (Å²) in [6.45, 7) is 4.60. The molecule has 0 saturated carbocycles. The van der Waals surface area contributed by atoms with Gasteiger partial charge in [-0.1, -0.05) is 115 Å². The Bertz CT molecular complexity index is 2110. The Morgan fingerprint density at radius 3 is 1.83 bits per heavy atom. The second-order valence-corrected chi connectivity index (χ2v) is 11.4. The van der Waals surface area contributed by atoms with Crippen LogP contribution < -0.4 is 0 Å². The molecular weight excluding hydrogens is 492 g/mol. The first kappa shape index (κ1) is 23.9. The van der Waals surface area contributed by atoms with Gasteiger partial charge in [0.05, 0.1) is 0 Å². The average molecular weight is 523 g/mol. The maximum atomic E-state index is 2.43. The molecule has 0 bridgehead atoms. The van der Waals surface area contributed by atoms with E-state index in [1.165, 1.54) is 88.3 Å². The van der Waals surface area contributed by atoms with Crippen molar-refractivity contribution in [3.63, 3.8) is 0 Å². The molecule has 0 nitrogen and oxygen atoms in total. The molecule has 0 heterocycles. The fourth-order valence-electron chi connectivity index (χ4n) is 6.96. The van der Waals surface area contributed by atoms with Crippen molar-refractivity contribution in [2.24, 2.45) is 0 Å². The quantitative estimate of drug-likeness (QED) is 0.202. The third-order valence-corrected chi connectivity index (χ3v) is 9.03. The van der Waals surface area contributed by atoms with E-state index >= 15 is 0 Å². The average Bonchev–Trinajstić information content (AvgIpc) is 3.39. The number of aryl methyl sites for hydroxylation is 1. The van der Waals surface area contributed by atoms with Crippen LogP contribution >= 0.6 is 0 Å². The van der Waals surface area contributed by atoms with Crippen LogP contribution in [-0.2, 0) is 6.42 Å². The molecule has 0 saturated heterocycles. The van der Waals surface area contributed by atoms with Crippen molar-refractivity contribution >= 4 is 21.5 Å². The van der Waals surface area contributed by atoms with E-state index in [2.05, 4.69) is 147 Å². The van der Waals surface area contributed by atoms with E-state index in [1.54, 1.807) is 0 Å². The number of hydrogen-bond donors (Lipinski definition) is 0. The highest BCUT2D eigenvalue weighted by molar-refractivity contribution is 6.15. The van der Waals surface area contributed by atoms with Crippen LogP contribution in [0.15, 0.2) is 133 Å². The van der Waals surface area contributed by atoms with Crippen LogP contribution in [0.3, 0.4) is 0 Å². The summed E-state index contributed by atoms with van der Waals surface area (Å²) in [5.74, 6) is 0. The molecular formula is C41H30. The van der Waals surface area contributed by atoms with Gasteiger partial charge in [0.15, 0.2) is 0 Å². The molecule has 0 atom stereocenters. The molecule has 194 valence electrons. The van der Waals surface area contributed by atoms with Gasteiger partial charge in [0.25, 0.3) is 0 Å². The first-order chi connectivity index (χ1) is 20.2. The molecule has 0 amide bonds. The number of fused-ring (bicyclic) bond motifs is 5. The van der Waals surface area contributed by atoms with E-state index in [9.17, 15) is 0 Å². The van der Waals surface area contributed by atoms with Gasteiger partial charge in [-0.15, -0.1) is 0 Å². The highest BCUT2D eigenvalue weighted by Gasteiger charge is 2.28. The minimum absolute atomic E-state index is 0.959. The lowest BCUT2D eigenvalue weighted by Crippen LogP contribution is -2.00. The van der Waals surface area contributed by atoms with Crippen molar-refractivity contribution < 1.29 is 0 Å². The second-order valence-electron chi connectivity index (χ2n) is 11.4. The van der Waals surface area contributed by atoms with E-state index in [0.29, 0.717) is 0 Å². The van der Waals surface area contributed by atoms with Gasteiger partial charge in [-0.3, -0.25) is 0 Å². The summed E-state index contributed by atoms with van der Waals surface area (Å²) >= 11 is 0. The van der Waals surface area contributed by atoms with Crippen molar-refractivity contribution in [2.75, 3.05) is 0 Å².